The summed E-state index contributed by atoms with van der Waals surface area (Å²) in [5.74, 6) is 3.74. The third kappa shape index (κ3) is 4.57. The summed E-state index contributed by atoms with van der Waals surface area (Å²) in [5.41, 5.74) is 2.04. The van der Waals surface area contributed by atoms with Crippen LogP contribution in [0.4, 0.5) is 0 Å². The Balaban J connectivity index is 1.52. The molecule has 0 bridgehead atoms. The molecule has 0 radical (unpaired) electrons. The van der Waals surface area contributed by atoms with E-state index in [1.54, 1.807) is 25.1 Å². The molecule has 6 nitrogen and oxygen atoms in total. The molecule has 0 fully saturated rings. The number of thioether (sulfide) groups is 1. The van der Waals surface area contributed by atoms with Crippen LogP contribution in [0.25, 0.3) is 22.7 Å². The van der Waals surface area contributed by atoms with E-state index in [-0.39, 0.29) is 0 Å². The molecule has 154 valence electrons. The van der Waals surface area contributed by atoms with Gasteiger partial charge in [-0.15, -0.1) is 10.2 Å². The molecule has 7 heteroatoms. The van der Waals surface area contributed by atoms with Gasteiger partial charge in [-0.25, -0.2) is 4.98 Å². The van der Waals surface area contributed by atoms with Crippen molar-refractivity contribution >= 4 is 11.8 Å². The second-order valence-corrected chi connectivity index (χ2v) is 7.76. The molecule has 0 unspecified atom stereocenters. The van der Waals surface area contributed by atoms with Crippen molar-refractivity contribution in [3.8, 4) is 28.5 Å². The van der Waals surface area contributed by atoms with Gasteiger partial charge in [-0.2, -0.15) is 0 Å². The molecule has 4 rings (SSSR count). The second kappa shape index (κ2) is 9.63. The Morgan fingerprint density at radius 1 is 1.00 bits per heavy atom. The van der Waals surface area contributed by atoms with Crippen LogP contribution in [0.15, 0.2) is 70.4 Å². The summed E-state index contributed by atoms with van der Waals surface area (Å²) in [6, 6.07) is 17.9. The molecular weight excluding hydrogens is 396 g/mol. The molecule has 0 saturated carbocycles. The molecule has 4 aromatic rings. The smallest absolute Gasteiger partial charge is 0.205 e. The first kappa shape index (κ1) is 20.2. The van der Waals surface area contributed by atoms with Crippen LogP contribution in [0.2, 0.25) is 0 Å². The van der Waals surface area contributed by atoms with Gasteiger partial charge in [0.15, 0.2) is 16.7 Å². The van der Waals surface area contributed by atoms with Gasteiger partial charge in [-0.1, -0.05) is 55.4 Å². The molecule has 0 aliphatic rings. The summed E-state index contributed by atoms with van der Waals surface area (Å²) in [4.78, 5) is 4.42. The van der Waals surface area contributed by atoms with Crippen molar-refractivity contribution in [3.63, 3.8) is 0 Å². The van der Waals surface area contributed by atoms with Crippen molar-refractivity contribution in [2.24, 2.45) is 0 Å². The van der Waals surface area contributed by atoms with Gasteiger partial charge in [0.25, 0.3) is 0 Å². The Kier molecular flexibility index (Phi) is 6.49. The van der Waals surface area contributed by atoms with Gasteiger partial charge in [0.1, 0.15) is 5.75 Å². The number of rotatable bonds is 9. The third-order valence-electron chi connectivity index (χ3n) is 4.74. The molecule has 0 spiro atoms. The molecule has 0 aliphatic heterocycles. The van der Waals surface area contributed by atoms with E-state index in [9.17, 15) is 0 Å². The average molecular weight is 421 g/mol. The molecule has 0 aliphatic carbocycles. The summed E-state index contributed by atoms with van der Waals surface area (Å²) in [5, 5.41) is 9.77. The normalized spacial score (nSPS) is 11.0. The highest BCUT2D eigenvalue weighted by atomic mass is 32.2. The minimum Gasteiger partial charge on any atom is -0.497 e. The lowest BCUT2D eigenvalue weighted by molar-refractivity contribution is 0.415. The summed E-state index contributed by atoms with van der Waals surface area (Å²) in [6.45, 7) is 3.05. The predicted molar refractivity (Wildman–Crippen MR) is 118 cm³/mol. The maximum atomic E-state index is 5.93. The van der Waals surface area contributed by atoms with Gasteiger partial charge in [-0.05, 0) is 30.7 Å². The van der Waals surface area contributed by atoms with E-state index in [1.165, 1.54) is 0 Å². The largest absolute Gasteiger partial charge is 0.497 e. The van der Waals surface area contributed by atoms with Crippen LogP contribution >= 0.6 is 11.8 Å². The topological polar surface area (TPSA) is 66.0 Å². The first-order valence-electron chi connectivity index (χ1n) is 9.99. The molecule has 2 aromatic carbocycles. The molecule has 30 heavy (non-hydrogen) atoms. The highest BCUT2D eigenvalue weighted by Crippen LogP contribution is 2.29. The van der Waals surface area contributed by atoms with Crippen molar-refractivity contribution in [1.29, 1.82) is 0 Å². The van der Waals surface area contributed by atoms with E-state index < -0.39 is 0 Å². The van der Waals surface area contributed by atoms with Crippen molar-refractivity contribution in [2.75, 3.05) is 7.11 Å². The Morgan fingerprint density at radius 2 is 1.80 bits per heavy atom. The first-order valence-corrected chi connectivity index (χ1v) is 11.0. The van der Waals surface area contributed by atoms with E-state index in [2.05, 4.69) is 26.7 Å². The Morgan fingerprint density at radius 3 is 2.53 bits per heavy atom. The van der Waals surface area contributed by atoms with Gasteiger partial charge < -0.3 is 13.7 Å². The van der Waals surface area contributed by atoms with E-state index in [0.29, 0.717) is 11.6 Å². The zero-order valence-corrected chi connectivity index (χ0v) is 17.9. The molecular formula is C23H24N4O2S. The number of oxazole rings is 1. The fourth-order valence-corrected chi connectivity index (χ4v) is 3.92. The SMILES string of the molecule is CCCCn1c(SCc2ncc(-c3ccccc3)o2)nnc1-c1ccc(OC)cc1. The minimum atomic E-state index is 0.597. The molecule has 2 heterocycles. The number of aromatic nitrogens is 4. The van der Waals surface area contributed by atoms with Gasteiger partial charge in [0.05, 0.1) is 19.1 Å². The van der Waals surface area contributed by atoms with Crippen LogP contribution in [-0.4, -0.2) is 26.9 Å². The molecule has 2 aromatic heterocycles. The van der Waals surface area contributed by atoms with Crippen molar-refractivity contribution < 1.29 is 9.15 Å². The maximum Gasteiger partial charge on any atom is 0.205 e. The third-order valence-corrected chi connectivity index (χ3v) is 5.69. The molecule has 0 N–H and O–H groups in total. The molecule has 0 atom stereocenters. The molecule has 0 saturated heterocycles. The van der Waals surface area contributed by atoms with Gasteiger partial charge >= 0.3 is 0 Å². The average Bonchev–Trinajstić information content (AvgIpc) is 3.44. The van der Waals surface area contributed by atoms with Crippen LogP contribution in [-0.2, 0) is 12.3 Å². The van der Waals surface area contributed by atoms with Crippen LogP contribution in [0.3, 0.4) is 0 Å². The zero-order valence-electron chi connectivity index (χ0n) is 17.1. The Hall–Kier alpha value is -3.06. The van der Waals surface area contributed by atoms with E-state index in [1.807, 2.05) is 54.6 Å². The van der Waals surface area contributed by atoms with Crippen molar-refractivity contribution in [1.82, 2.24) is 19.7 Å². The predicted octanol–water partition coefficient (Wildman–Crippen LogP) is 5.70. The minimum absolute atomic E-state index is 0.597. The summed E-state index contributed by atoms with van der Waals surface area (Å²) >= 11 is 1.59. The summed E-state index contributed by atoms with van der Waals surface area (Å²) in [6.07, 6.45) is 3.94. The summed E-state index contributed by atoms with van der Waals surface area (Å²) in [7, 11) is 1.67. The standard InChI is InChI=1S/C23H24N4O2S/c1-3-4-14-27-22(18-10-12-19(28-2)13-11-18)25-26-23(27)30-16-21-24-15-20(29-21)17-8-6-5-7-9-17/h5-13,15H,3-4,14,16H2,1-2H3. The number of methoxy groups -OCH3 is 1. The van der Waals surface area contributed by atoms with Crippen molar-refractivity contribution in [3.05, 3.63) is 66.7 Å². The highest BCUT2D eigenvalue weighted by molar-refractivity contribution is 7.98. The highest BCUT2D eigenvalue weighted by Gasteiger charge is 2.16. The number of hydrogen-bond donors (Lipinski definition) is 0. The molecule has 0 amide bonds. The van der Waals surface area contributed by atoms with Gasteiger partial charge in [0.2, 0.25) is 5.89 Å². The lowest BCUT2D eigenvalue weighted by Crippen LogP contribution is -2.02. The fraction of sp³-hybridized carbons (Fsp3) is 0.261. The number of hydrogen-bond acceptors (Lipinski definition) is 6. The fourth-order valence-electron chi connectivity index (χ4n) is 3.11. The number of ether oxygens (including phenoxy) is 1. The lowest BCUT2D eigenvalue weighted by atomic mass is 10.2. The first-order chi connectivity index (χ1) is 14.8. The van der Waals surface area contributed by atoms with Crippen LogP contribution in [0.1, 0.15) is 25.7 Å². The van der Waals surface area contributed by atoms with Crippen molar-refractivity contribution in [2.45, 2.75) is 37.2 Å². The Bertz CT molecular complexity index is 1070. The van der Waals surface area contributed by atoms with Gasteiger partial charge in [-0.3, -0.25) is 0 Å². The van der Waals surface area contributed by atoms with E-state index >= 15 is 0 Å². The van der Waals surface area contributed by atoms with E-state index in [4.69, 9.17) is 9.15 Å². The second-order valence-electron chi connectivity index (χ2n) is 6.81. The number of unbranched alkanes of at least 4 members (excludes halogenated alkanes) is 1. The quantitative estimate of drug-likeness (QED) is 0.324. The monoisotopic (exact) mass is 420 g/mol. The van der Waals surface area contributed by atoms with Crippen LogP contribution < -0.4 is 4.74 Å². The van der Waals surface area contributed by atoms with Crippen LogP contribution in [0, 0.1) is 0 Å². The Labute approximate surface area is 180 Å². The number of benzene rings is 2. The maximum absolute atomic E-state index is 5.93. The zero-order chi connectivity index (χ0) is 20.8. The van der Waals surface area contributed by atoms with Gasteiger partial charge in [0, 0.05) is 17.7 Å². The number of nitrogens with zero attached hydrogens (tertiary/aromatic N) is 4. The van der Waals surface area contributed by atoms with E-state index in [0.717, 1.165) is 53.0 Å². The lowest BCUT2D eigenvalue weighted by Gasteiger charge is -2.09. The summed E-state index contributed by atoms with van der Waals surface area (Å²) < 4.78 is 13.4. The van der Waals surface area contributed by atoms with Crippen LogP contribution in [0.5, 0.6) is 5.75 Å².